The van der Waals surface area contributed by atoms with Crippen molar-refractivity contribution in [3.63, 3.8) is 0 Å². The van der Waals surface area contributed by atoms with Crippen molar-refractivity contribution < 1.29 is 4.92 Å². The number of rotatable bonds is 3. The van der Waals surface area contributed by atoms with Crippen LogP contribution in [0.15, 0.2) is 16.6 Å². The summed E-state index contributed by atoms with van der Waals surface area (Å²) in [7, 11) is 0. The lowest BCUT2D eigenvalue weighted by Gasteiger charge is -2.39. The van der Waals surface area contributed by atoms with E-state index < -0.39 is 0 Å². The summed E-state index contributed by atoms with van der Waals surface area (Å²) in [4.78, 5) is 10.9. The van der Waals surface area contributed by atoms with Crippen LogP contribution in [0.1, 0.15) is 45.6 Å². The lowest BCUT2D eigenvalue weighted by Crippen LogP contribution is -2.35. The maximum absolute atomic E-state index is 11.3. The highest BCUT2D eigenvalue weighted by Gasteiger charge is 2.32. The Kier molecular flexibility index (Phi) is 4.61. The van der Waals surface area contributed by atoms with Crippen molar-refractivity contribution in [1.29, 1.82) is 0 Å². The van der Waals surface area contributed by atoms with Gasteiger partial charge in [-0.1, -0.05) is 36.7 Å². The number of hydrogen-bond donors (Lipinski definition) is 1. The van der Waals surface area contributed by atoms with Crippen LogP contribution in [0.2, 0.25) is 0 Å². The number of benzene rings is 1. The Bertz CT molecular complexity index is 557. The molecule has 4 nitrogen and oxygen atoms in total. The van der Waals surface area contributed by atoms with Gasteiger partial charge in [-0.2, -0.15) is 0 Å². The van der Waals surface area contributed by atoms with Gasteiger partial charge in [-0.05, 0) is 49.1 Å². The molecule has 0 heterocycles. The first-order valence-corrected chi connectivity index (χ1v) is 8.18. The molecule has 0 radical (unpaired) electrons. The molecule has 116 valence electrons. The zero-order valence-electron chi connectivity index (χ0n) is 13.1. The smallest absolute Gasteiger partial charge is 0.293 e. The van der Waals surface area contributed by atoms with Crippen LogP contribution in [-0.2, 0) is 0 Å². The Morgan fingerprint density at radius 1 is 1.38 bits per heavy atom. The summed E-state index contributed by atoms with van der Waals surface area (Å²) in [5.74, 6) is 0.641. The fourth-order valence-electron chi connectivity index (χ4n) is 3.61. The molecule has 1 fully saturated rings. The quantitative estimate of drug-likeness (QED) is 0.592. The molecule has 2 atom stereocenters. The first-order chi connectivity index (χ1) is 9.68. The Hall–Kier alpha value is -1.10. The van der Waals surface area contributed by atoms with Crippen LogP contribution in [0.4, 0.5) is 11.4 Å². The van der Waals surface area contributed by atoms with Gasteiger partial charge in [0.15, 0.2) is 0 Å². The number of halogens is 1. The van der Waals surface area contributed by atoms with Crippen LogP contribution in [0.3, 0.4) is 0 Å². The summed E-state index contributed by atoms with van der Waals surface area (Å²) in [6.07, 6.45) is 3.33. The topological polar surface area (TPSA) is 55.2 Å². The van der Waals surface area contributed by atoms with E-state index in [4.69, 9.17) is 0 Å². The van der Waals surface area contributed by atoms with E-state index in [1.165, 1.54) is 6.42 Å². The van der Waals surface area contributed by atoms with Crippen molar-refractivity contribution in [2.24, 2.45) is 11.3 Å². The number of aryl methyl sites for hydroxylation is 1. The average Bonchev–Trinajstić information content (AvgIpc) is 2.30. The second kappa shape index (κ2) is 5.95. The molecule has 1 N–H and O–H groups in total. The molecule has 1 aromatic carbocycles. The van der Waals surface area contributed by atoms with E-state index >= 15 is 0 Å². The van der Waals surface area contributed by atoms with Crippen LogP contribution >= 0.6 is 15.9 Å². The number of nitrogens with zero attached hydrogens (tertiary/aromatic N) is 1. The van der Waals surface area contributed by atoms with Gasteiger partial charge in [-0.25, -0.2) is 0 Å². The number of nitrogens with one attached hydrogen (secondary N) is 1. The highest BCUT2D eigenvalue weighted by Crippen LogP contribution is 2.41. The maximum atomic E-state index is 11.3. The van der Waals surface area contributed by atoms with Gasteiger partial charge >= 0.3 is 0 Å². The Morgan fingerprint density at radius 3 is 2.62 bits per heavy atom. The third-order valence-electron chi connectivity index (χ3n) is 4.22. The van der Waals surface area contributed by atoms with Crippen molar-refractivity contribution >= 4 is 27.3 Å². The summed E-state index contributed by atoms with van der Waals surface area (Å²) in [6, 6.07) is 3.76. The highest BCUT2D eigenvalue weighted by molar-refractivity contribution is 9.10. The minimum atomic E-state index is -0.316. The minimum Gasteiger partial charge on any atom is -0.377 e. The molecule has 1 saturated carbocycles. The van der Waals surface area contributed by atoms with Crippen LogP contribution in [0.25, 0.3) is 0 Å². The summed E-state index contributed by atoms with van der Waals surface area (Å²) in [6.45, 7) is 8.76. The molecule has 0 aliphatic heterocycles. The lowest BCUT2D eigenvalue weighted by molar-refractivity contribution is -0.384. The number of nitro groups is 1. The van der Waals surface area contributed by atoms with Gasteiger partial charge in [-0.3, -0.25) is 10.1 Å². The van der Waals surface area contributed by atoms with E-state index in [-0.39, 0.29) is 16.0 Å². The van der Waals surface area contributed by atoms with Crippen molar-refractivity contribution in [3.05, 3.63) is 32.3 Å². The molecule has 1 aliphatic rings. The van der Waals surface area contributed by atoms with Gasteiger partial charge in [0.1, 0.15) is 5.69 Å². The monoisotopic (exact) mass is 354 g/mol. The number of anilines is 1. The first-order valence-electron chi connectivity index (χ1n) is 7.39. The normalized spacial score (nSPS) is 24.6. The lowest BCUT2D eigenvalue weighted by atomic mass is 9.70. The predicted octanol–water partition coefficient (Wildman–Crippen LogP) is 5.29. The highest BCUT2D eigenvalue weighted by atomic mass is 79.9. The summed E-state index contributed by atoms with van der Waals surface area (Å²) >= 11 is 3.37. The molecule has 1 aliphatic carbocycles. The summed E-state index contributed by atoms with van der Waals surface area (Å²) < 4.78 is 0.775. The molecule has 0 saturated heterocycles. The summed E-state index contributed by atoms with van der Waals surface area (Å²) in [5.41, 5.74) is 2.07. The SMILES string of the molecule is Cc1cc(N[C@@H]2C[C@H](C)CC(C)(C)C2)c([N+](=O)[O-])cc1Br. The molecule has 0 aromatic heterocycles. The largest absolute Gasteiger partial charge is 0.377 e. The molecule has 0 unspecified atom stereocenters. The van der Waals surface area contributed by atoms with Crippen LogP contribution in [-0.4, -0.2) is 11.0 Å². The van der Waals surface area contributed by atoms with Crippen molar-refractivity contribution in [1.82, 2.24) is 0 Å². The molecular formula is C16H23BrN2O2. The third-order valence-corrected chi connectivity index (χ3v) is 5.07. The minimum absolute atomic E-state index is 0.142. The van der Waals surface area contributed by atoms with E-state index in [0.717, 1.165) is 22.9 Å². The van der Waals surface area contributed by atoms with Gasteiger partial charge in [0.05, 0.1) is 4.92 Å². The van der Waals surface area contributed by atoms with E-state index in [1.807, 2.05) is 13.0 Å². The zero-order valence-corrected chi connectivity index (χ0v) is 14.7. The summed E-state index contributed by atoms with van der Waals surface area (Å²) in [5, 5.41) is 14.7. The standard InChI is InChI=1S/C16H23BrN2O2/c1-10-5-12(9-16(3,4)8-10)18-14-6-11(2)13(17)7-15(14)19(20)21/h6-7,10,12,18H,5,8-9H2,1-4H3/t10-,12+/m0/s1. The van der Waals surface area contributed by atoms with Gasteiger partial charge in [0.2, 0.25) is 0 Å². The molecule has 1 aromatic rings. The fourth-order valence-corrected chi connectivity index (χ4v) is 3.94. The Morgan fingerprint density at radius 2 is 2.05 bits per heavy atom. The second-order valence-electron chi connectivity index (χ2n) is 7.13. The maximum Gasteiger partial charge on any atom is 0.293 e. The molecular weight excluding hydrogens is 332 g/mol. The zero-order chi connectivity index (χ0) is 15.8. The van der Waals surface area contributed by atoms with E-state index in [0.29, 0.717) is 17.6 Å². The predicted molar refractivity (Wildman–Crippen MR) is 89.7 cm³/mol. The van der Waals surface area contributed by atoms with E-state index in [2.05, 4.69) is 42.0 Å². The third kappa shape index (κ3) is 3.96. The Balaban J connectivity index is 2.26. The van der Waals surface area contributed by atoms with Crippen molar-refractivity contribution in [2.75, 3.05) is 5.32 Å². The van der Waals surface area contributed by atoms with E-state index in [1.54, 1.807) is 6.07 Å². The first kappa shape index (κ1) is 16.3. The number of nitro benzene ring substituents is 1. The molecule has 5 heteroatoms. The van der Waals surface area contributed by atoms with Gasteiger partial charge in [0.25, 0.3) is 5.69 Å². The van der Waals surface area contributed by atoms with Crippen molar-refractivity contribution in [2.45, 2.75) is 53.0 Å². The van der Waals surface area contributed by atoms with Crippen LogP contribution in [0, 0.1) is 28.4 Å². The molecule has 2 rings (SSSR count). The van der Waals surface area contributed by atoms with Gasteiger partial charge < -0.3 is 5.32 Å². The Labute approximate surface area is 134 Å². The van der Waals surface area contributed by atoms with Crippen LogP contribution < -0.4 is 5.32 Å². The van der Waals surface area contributed by atoms with Gasteiger partial charge in [-0.15, -0.1) is 0 Å². The average molecular weight is 355 g/mol. The molecule has 0 bridgehead atoms. The molecule has 21 heavy (non-hydrogen) atoms. The molecule has 0 spiro atoms. The van der Waals surface area contributed by atoms with E-state index in [9.17, 15) is 10.1 Å². The van der Waals surface area contributed by atoms with Crippen LogP contribution in [0.5, 0.6) is 0 Å². The molecule has 0 amide bonds. The number of hydrogen-bond acceptors (Lipinski definition) is 3. The second-order valence-corrected chi connectivity index (χ2v) is 7.98. The van der Waals surface area contributed by atoms with Crippen molar-refractivity contribution in [3.8, 4) is 0 Å². The van der Waals surface area contributed by atoms with Gasteiger partial charge in [0, 0.05) is 16.6 Å². The fraction of sp³-hybridized carbons (Fsp3) is 0.625.